The maximum absolute atomic E-state index is 13.0. The molecule has 1 heterocycles. The van der Waals surface area contributed by atoms with Gasteiger partial charge in [0.2, 0.25) is 5.91 Å². The number of fused-ring (bicyclic) bond motifs is 3. The van der Waals surface area contributed by atoms with E-state index >= 15 is 0 Å². The molecule has 3 aromatic carbocycles. The molecule has 0 unspecified atom stereocenters. The summed E-state index contributed by atoms with van der Waals surface area (Å²) in [6.07, 6.45) is 0. The fourth-order valence-electron chi connectivity index (χ4n) is 3.71. The molecule has 0 aliphatic rings. The van der Waals surface area contributed by atoms with Gasteiger partial charge in [0.25, 0.3) is 0 Å². The Balaban J connectivity index is 2.00. The van der Waals surface area contributed by atoms with Crippen LogP contribution in [0, 0.1) is 6.92 Å². The lowest BCUT2D eigenvalue weighted by atomic mass is 9.97. The van der Waals surface area contributed by atoms with Crippen LogP contribution in [-0.4, -0.2) is 22.0 Å². The van der Waals surface area contributed by atoms with Crippen molar-refractivity contribution in [3.05, 3.63) is 82.9 Å². The summed E-state index contributed by atoms with van der Waals surface area (Å²) < 4.78 is 1.62. The van der Waals surface area contributed by atoms with Crippen LogP contribution in [-0.2, 0) is 0 Å². The Hall–Kier alpha value is -3.53. The summed E-state index contributed by atoms with van der Waals surface area (Å²) in [6, 6.07) is 18.1. The number of aryl methyl sites for hydroxylation is 1. The summed E-state index contributed by atoms with van der Waals surface area (Å²) in [5.74, 6) is -0.224. The molecular weight excluding hydrogens is 350 g/mol. The molecule has 0 amide bonds. The molecule has 0 atom stereocenters. The summed E-state index contributed by atoms with van der Waals surface area (Å²) in [5, 5.41) is 1.57. The van der Waals surface area contributed by atoms with Gasteiger partial charge in [0.15, 0.2) is 11.6 Å². The second-order valence-corrected chi connectivity index (χ2v) is 7.02. The van der Waals surface area contributed by atoms with Crippen molar-refractivity contribution < 1.29 is 14.4 Å². The highest BCUT2D eigenvalue weighted by Gasteiger charge is 2.18. The van der Waals surface area contributed by atoms with E-state index in [-0.39, 0.29) is 17.5 Å². The standard InChI is InChI=1S/C24H19NO3/c1-14-6-4-5-7-19(14)24(28)18-9-11-23-21(13-18)20-12-17(15(2)26)8-10-22(20)25(23)16(3)27/h4-13H,1-3H3. The van der Waals surface area contributed by atoms with E-state index in [4.69, 9.17) is 0 Å². The van der Waals surface area contributed by atoms with Crippen molar-refractivity contribution in [3.8, 4) is 0 Å². The minimum absolute atomic E-state index is 0.0437. The molecule has 4 heteroatoms. The lowest BCUT2D eigenvalue weighted by Crippen LogP contribution is -2.06. The molecule has 4 rings (SSSR count). The predicted molar refractivity (Wildman–Crippen MR) is 110 cm³/mol. The van der Waals surface area contributed by atoms with Crippen molar-refractivity contribution in [1.29, 1.82) is 0 Å². The number of rotatable bonds is 3. The number of nitrogens with zero attached hydrogens (tertiary/aromatic N) is 1. The molecule has 0 N–H and O–H groups in total. The van der Waals surface area contributed by atoms with Crippen LogP contribution in [0.5, 0.6) is 0 Å². The van der Waals surface area contributed by atoms with Crippen molar-refractivity contribution >= 4 is 39.3 Å². The molecule has 138 valence electrons. The van der Waals surface area contributed by atoms with E-state index in [1.807, 2.05) is 37.3 Å². The third kappa shape index (κ3) is 2.74. The quantitative estimate of drug-likeness (QED) is 0.467. The Morgan fingerprint density at radius 3 is 1.89 bits per heavy atom. The van der Waals surface area contributed by atoms with Crippen molar-refractivity contribution in [3.63, 3.8) is 0 Å². The Morgan fingerprint density at radius 1 is 0.750 bits per heavy atom. The van der Waals surface area contributed by atoms with Gasteiger partial charge in [-0.15, -0.1) is 0 Å². The number of ketones is 2. The highest BCUT2D eigenvalue weighted by Crippen LogP contribution is 2.31. The second kappa shape index (κ2) is 6.57. The fraction of sp³-hybridized carbons (Fsp3) is 0.125. The van der Waals surface area contributed by atoms with Crippen LogP contribution in [0.2, 0.25) is 0 Å². The number of benzene rings is 3. The Labute approximate surface area is 162 Å². The Kier molecular flexibility index (Phi) is 4.19. The smallest absolute Gasteiger partial charge is 0.228 e. The number of aromatic nitrogens is 1. The summed E-state index contributed by atoms with van der Waals surface area (Å²) in [6.45, 7) is 4.93. The highest BCUT2D eigenvalue weighted by molar-refractivity contribution is 6.18. The zero-order valence-electron chi connectivity index (χ0n) is 15.9. The van der Waals surface area contributed by atoms with Crippen LogP contribution in [0.4, 0.5) is 0 Å². The van der Waals surface area contributed by atoms with Gasteiger partial charge >= 0.3 is 0 Å². The van der Waals surface area contributed by atoms with Gasteiger partial charge in [-0.1, -0.05) is 24.3 Å². The van der Waals surface area contributed by atoms with E-state index in [2.05, 4.69) is 0 Å². The van der Waals surface area contributed by atoms with Crippen LogP contribution in [0.1, 0.15) is 50.5 Å². The Bertz CT molecular complexity index is 1290. The third-order valence-electron chi connectivity index (χ3n) is 5.14. The predicted octanol–water partition coefficient (Wildman–Crippen LogP) is 5.20. The molecule has 0 spiro atoms. The molecular formula is C24H19NO3. The number of carbonyl (C=O) groups excluding carboxylic acids is 3. The first-order valence-corrected chi connectivity index (χ1v) is 9.09. The molecule has 0 aliphatic heterocycles. The van der Waals surface area contributed by atoms with Crippen LogP contribution in [0.3, 0.4) is 0 Å². The Morgan fingerprint density at radius 2 is 1.32 bits per heavy atom. The molecule has 4 nitrogen and oxygen atoms in total. The average Bonchev–Trinajstić information content (AvgIpc) is 3.01. The summed E-state index contributed by atoms with van der Waals surface area (Å²) >= 11 is 0. The summed E-state index contributed by atoms with van der Waals surface area (Å²) in [7, 11) is 0. The van der Waals surface area contributed by atoms with Gasteiger partial charge in [-0.25, -0.2) is 0 Å². The normalized spacial score (nSPS) is 11.1. The molecule has 4 aromatic rings. The van der Waals surface area contributed by atoms with E-state index < -0.39 is 0 Å². The second-order valence-electron chi connectivity index (χ2n) is 7.02. The van der Waals surface area contributed by atoms with Crippen molar-refractivity contribution in [2.24, 2.45) is 0 Å². The molecule has 28 heavy (non-hydrogen) atoms. The molecule has 0 saturated carbocycles. The maximum atomic E-state index is 13.0. The van der Waals surface area contributed by atoms with Crippen molar-refractivity contribution in [2.45, 2.75) is 20.8 Å². The van der Waals surface area contributed by atoms with Crippen LogP contribution in [0.15, 0.2) is 60.7 Å². The molecule has 0 radical (unpaired) electrons. The van der Waals surface area contributed by atoms with Crippen LogP contribution >= 0.6 is 0 Å². The molecule has 1 aromatic heterocycles. The highest BCUT2D eigenvalue weighted by atomic mass is 16.2. The molecule has 0 fully saturated rings. The fourth-order valence-corrected chi connectivity index (χ4v) is 3.71. The van der Waals surface area contributed by atoms with Gasteiger partial charge in [-0.2, -0.15) is 0 Å². The number of hydrogen-bond acceptors (Lipinski definition) is 3. The molecule has 0 bridgehead atoms. The maximum Gasteiger partial charge on any atom is 0.228 e. The van der Waals surface area contributed by atoms with Gasteiger partial charge in [-0.05, 0) is 55.8 Å². The van der Waals surface area contributed by atoms with Gasteiger partial charge in [0.05, 0.1) is 11.0 Å². The van der Waals surface area contributed by atoms with Gasteiger partial charge in [0, 0.05) is 34.4 Å². The topological polar surface area (TPSA) is 56.1 Å². The van der Waals surface area contributed by atoms with E-state index in [9.17, 15) is 14.4 Å². The van der Waals surface area contributed by atoms with Crippen LogP contribution in [0.25, 0.3) is 21.8 Å². The number of carbonyl (C=O) groups is 3. The summed E-state index contributed by atoms with van der Waals surface area (Å²) in [5.41, 5.74) is 4.15. The third-order valence-corrected chi connectivity index (χ3v) is 5.14. The number of hydrogen-bond donors (Lipinski definition) is 0. The van der Waals surface area contributed by atoms with E-state index in [1.54, 1.807) is 34.9 Å². The minimum Gasteiger partial charge on any atom is -0.295 e. The van der Waals surface area contributed by atoms with Gasteiger partial charge in [-0.3, -0.25) is 19.0 Å². The van der Waals surface area contributed by atoms with Gasteiger partial charge in [0.1, 0.15) is 0 Å². The minimum atomic E-state index is -0.117. The average molecular weight is 369 g/mol. The molecule has 0 aliphatic carbocycles. The summed E-state index contributed by atoms with van der Waals surface area (Å²) in [4.78, 5) is 37.1. The van der Waals surface area contributed by atoms with Crippen LogP contribution < -0.4 is 0 Å². The lowest BCUT2D eigenvalue weighted by molar-refractivity contribution is 0.0945. The van der Waals surface area contributed by atoms with Gasteiger partial charge < -0.3 is 0 Å². The number of Topliss-reactive ketones (excluding diaryl/α,β-unsaturated/α-hetero) is 1. The van der Waals surface area contributed by atoms with E-state index in [0.29, 0.717) is 16.7 Å². The van der Waals surface area contributed by atoms with Crippen molar-refractivity contribution in [2.75, 3.05) is 0 Å². The first kappa shape index (κ1) is 17.9. The largest absolute Gasteiger partial charge is 0.295 e. The van der Waals surface area contributed by atoms with E-state index in [1.165, 1.54) is 13.8 Å². The zero-order chi connectivity index (χ0) is 20.0. The first-order chi connectivity index (χ1) is 13.4. The van der Waals surface area contributed by atoms with E-state index in [0.717, 1.165) is 27.4 Å². The zero-order valence-corrected chi connectivity index (χ0v) is 15.9. The molecule has 0 saturated heterocycles. The monoisotopic (exact) mass is 369 g/mol. The SMILES string of the molecule is CC(=O)c1ccc2c(c1)c1cc(C(=O)c3ccccc3C)ccc1n2C(C)=O. The first-order valence-electron chi connectivity index (χ1n) is 9.09. The lowest BCUT2D eigenvalue weighted by Gasteiger charge is -2.06. The van der Waals surface area contributed by atoms with Crippen molar-refractivity contribution in [1.82, 2.24) is 4.57 Å².